The summed E-state index contributed by atoms with van der Waals surface area (Å²) in [5.41, 5.74) is 1.31. The van der Waals surface area contributed by atoms with Crippen LogP contribution in [0, 0.1) is 0 Å². The van der Waals surface area contributed by atoms with E-state index < -0.39 is 0 Å². The van der Waals surface area contributed by atoms with Crippen molar-refractivity contribution in [3.63, 3.8) is 0 Å². The fourth-order valence-electron chi connectivity index (χ4n) is 0.568. The molecule has 52 valence electrons. The average Bonchev–Trinajstić information content (AvgIpc) is 2.13. The molecule has 0 unspecified atom stereocenters. The molecule has 0 aromatic carbocycles. The molecule has 0 amide bonds. The van der Waals surface area contributed by atoms with Crippen LogP contribution in [0.5, 0.6) is 0 Å². The molecule has 2 nitrogen and oxygen atoms in total. The van der Waals surface area contributed by atoms with Crippen molar-refractivity contribution in [2.24, 2.45) is 4.99 Å². The van der Waals surface area contributed by atoms with Gasteiger partial charge >= 0.3 is 65.5 Å². The average molecular weight is 237 g/mol. The van der Waals surface area contributed by atoms with Crippen LogP contribution in [-0.2, 0) is 0 Å². The van der Waals surface area contributed by atoms with Crippen LogP contribution in [0.3, 0.4) is 0 Å². The summed E-state index contributed by atoms with van der Waals surface area (Å²) in [6, 6.07) is 0. The van der Waals surface area contributed by atoms with E-state index in [9.17, 15) is 0 Å². The number of aliphatic imine (C=N–C) groups is 1. The predicted molar refractivity (Wildman–Crippen MR) is 34.9 cm³/mol. The van der Waals surface area contributed by atoms with Crippen LogP contribution in [0.2, 0.25) is 0 Å². The molecule has 1 aliphatic heterocycles. The number of halogens is 1. The molecule has 0 saturated carbocycles. The normalized spacial score (nSPS) is 24.1. The first-order valence-corrected chi connectivity index (χ1v) is 4.96. The molecule has 1 aliphatic rings. The van der Waals surface area contributed by atoms with Gasteiger partial charge in [-0.15, -0.1) is 0 Å². The molecule has 0 atom stereocenters. The van der Waals surface area contributed by atoms with Crippen LogP contribution < -0.4 is 26.5 Å². The van der Waals surface area contributed by atoms with Crippen molar-refractivity contribution in [1.29, 1.82) is 0 Å². The van der Waals surface area contributed by atoms with Crippen LogP contribution in [-0.4, -0.2) is 10.9 Å². The van der Waals surface area contributed by atoms with Gasteiger partial charge < -0.3 is 0 Å². The van der Waals surface area contributed by atoms with Gasteiger partial charge in [-0.05, 0) is 0 Å². The van der Waals surface area contributed by atoms with Gasteiger partial charge in [0.1, 0.15) is 0 Å². The van der Waals surface area contributed by atoms with Crippen molar-refractivity contribution in [3.05, 3.63) is 9.28 Å². The second-order valence-corrected chi connectivity index (χ2v) is 5.07. The van der Waals surface area contributed by atoms with Gasteiger partial charge in [0.25, 0.3) is 0 Å². The standard InChI is InChI=1S/C6H10IN2/c1-4-5(2)9-6(7-4)8-3/h1-3H3,(H,8,9)/q-1. The van der Waals surface area contributed by atoms with E-state index in [1.807, 2.05) is 7.05 Å². The summed E-state index contributed by atoms with van der Waals surface area (Å²) in [5, 5.41) is 3.23. The summed E-state index contributed by atoms with van der Waals surface area (Å²) >= 11 is 0.0918. The van der Waals surface area contributed by atoms with Crippen molar-refractivity contribution >= 4 is 3.84 Å². The summed E-state index contributed by atoms with van der Waals surface area (Å²) < 4.78 is 2.71. The molecule has 1 N–H and O–H groups in total. The van der Waals surface area contributed by atoms with Gasteiger partial charge in [-0.25, -0.2) is 0 Å². The second-order valence-electron chi connectivity index (χ2n) is 1.89. The number of hydrogen-bond acceptors (Lipinski definition) is 1. The Balaban J connectivity index is 2.70. The van der Waals surface area contributed by atoms with Crippen LogP contribution in [0.15, 0.2) is 14.3 Å². The Morgan fingerprint density at radius 3 is 2.33 bits per heavy atom. The molecule has 1 heterocycles. The van der Waals surface area contributed by atoms with E-state index in [4.69, 9.17) is 0 Å². The summed E-state index contributed by atoms with van der Waals surface area (Å²) in [4.78, 5) is 4.10. The molecule has 0 aromatic rings. The van der Waals surface area contributed by atoms with Gasteiger partial charge in [0.15, 0.2) is 0 Å². The number of nitrogens with zero attached hydrogens (tertiary/aromatic N) is 1. The third-order valence-corrected chi connectivity index (χ3v) is 4.12. The number of amidine groups is 1. The molecule has 3 heteroatoms. The van der Waals surface area contributed by atoms with Gasteiger partial charge in [-0.1, -0.05) is 0 Å². The van der Waals surface area contributed by atoms with E-state index in [-0.39, 0.29) is 21.2 Å². The monoisotopic (exact) mass is 237 g/mol. The topological polar surface area (TPSA) is 24.4 Å². The van der Waals surface area contributed by atoms with Crippen molar-refractivity contribution in [1.82, 2.24) is 5.32 Å². The van der Waals surface area contributed by atoms with Gasteiger partial charge in [0, 0.05) is 0 Å². The molecule has 0 bridgehead atoms. The molecular weight excluding hydrogens is 227 g/mol. The summed E-state index contributed by atoms with van der Waals surface area (Å²) in [6.45, 7) is 4.28. The molecule has 0 spiro atoms. The van der Waals surface area contributed by atoms with E-state index >= 15 is 0 Å². The second kappa shape index (κ2) is 2.68. The Kier molecular flexibility index (Phi) is 2.10. The van der Waals surface area contributed by atoms with E-state index in [1.54, 1.807) is 0 Å². The Hall–Kier alpha value is -0.0600. The van der Waals surface area contributed by atoms with Crippen LogP contribution in [0.1, 0.15) is 13.8 Å². The molecule has 0 saturated heterocycles. The van der Waals surface area contributed by atoms with Crippen LogP contribution in [0.4, 0.5) is 0 Å². The van der Waals surface area contributed by atoms with Gasteiger partial charge in [0.2, 0.25) is 0 Å². The Morgan fingerprint density at radius 2 is 2.11 bits per heavy atom. The number of rotatable bonds is 0. The molecule has 1 rings (SSSR count). The van der Waals surface area contributed by atoms with Gasteiger partial charge in [-0.2, -0.15) is 0 Å². The SMILES string of the molecule is CN=C1NC(C)=C(C)[I-]1. The zero-order chi connectivity index (χ0) is 6.85. The third-order valence-electron chi connectivity index (χ3n) is 1.23. The van der Waals surface area contributed by atoms with E-state index in [1.165, 1.54) is 13.1 Å². The zero-order valence-electron chi connectivity index (χ0n) is 5.83. The van der Waals surface area contributed by atoms with E-state index in [2.05, 4.69) is 24.2 Å². The first-order valence-electron chi connectivity index (χ1n) is 2.80. The van der Waals surface area contributed by atoms with Crippen molar-refractivity contribution < 1.29 is 21.2 Å². The van der Waals surface area contributed by atoms with Crippen molar-refractivity contribution in [2.45, 2.75) is 13.8 Å². The quantitative estimate of drug-likeness (QED) is 0.379. The van der Waals surface area contributed by atoms with Crippen molar-refractivity contribution in [2.75, 3.05) is 7.05 Å². The fraction of sp³-hybridized carbons (Fsp3) is 0.500. The summed E-state index contributed by atoms with van der Waals surface area (Å²) in [7, 11) is 1.84. The number of hydrogen-bond donors (Lipinski definition) is 1. The van der Waals surface area contributed by atoms with Gasteiger partial charge in [0.05, 0.1) is 0 Å². The fourth-order valence-corrected chi connectivity index (χ4v) is 2.65. The first-order chi connectivity index (χ1) is 4.24. The summed E-state index contributed by atoms with van der Waals surface area (Å²) in [5.74, 6) is 0. The molecule has 0 aliphatic carbocycles. The maximum atomic E-state index is 4.10. The third kappa shape index (κ3) is 1.44. The van der Waals surface area contributed by atoms with Crippen LogP contribution in [0.25, 0.3) is 0 Å². The maximum absolute atomic E-state index is 4.10. The van der Waals surface area contributed by atoms with Gasteiger partial charge in [-0.3, -0.25) is 0 Å². The minimum atomic E-state index is 0.0918. The zero-order valence-corrected chi connectivity index (χ0v) is 7.98. The molecule has 0 aromatic heterocycles. The van der Waals surface area contributed by atoms with Crippen molar-refractivity contribution in [3.8, 4) is 0 Å². The molecule has 9 heavy (non-hydrogen) atoms. The minimum absolute atomic E-state index is 0.0918. The molecule has 0 radical (unpaired) electrons. The van der Waals surface area contributed by atoms with E-state index in [0.717, 1.165) is 0 Å². The first kappa shape index (κ1) is 7.05. The molecular formula is C6H10IN2-. The Labute approximate surface area is 65.7 Å². The predicted octanol–water partition coefficient (Wildman–Crippen LogP) is -2.08. The number of nitrogens with one attached hydrogen (secondary N) is 1. The number of allylic oxidation sites excluding steroid dienone is 2. The van der Waals surface area contributed by atoms with Crippen LogP contribution >= 0.6 is 0 Å². The Bertz CT molecular complexity index is 165. The Morgan fingerprint density at radius 1 is 1.44 bits per heavy atom. The van der Waals surface area contributed by atoms with E-state index in [0.29, 0.717) is 0 Å². The molecule has 0 fully saturated rings. The summed E-state index contributed by atoms with van der Waals surface area (Å²) in [6.07, 6.45) is 0.